The average Bonchev–Trinajstić information content (AvgIpc) is 2.62. The number of carbonyl (C=O) groups is 3. The van der Waals surface area contributed by atoms with E-state index < -0.39 is 5.91 Å². The lowest BCUT2D eigenvalue weighted by atomic mass is 10.2. The number of hydrazine groups is 1. The standard InChI is InChI=1S/C11H10N2O3/c14-9-6-7-10(15)13(9)12-11(16)8-4-2-1-3-5-8/h1-5H,6-7H2,(H,12,16). The second-order valence-corrected chi connectivity index (χ2v) is 3.43. The van der Waals surface area contributed by atoms with Gasteiger partial charge in [0.15, 0.2) is 0 Å². The normalized spacial score (nSPS) is 15.4. The van der Waals surface area contributed by atoms with E-state index >= 15 is 0 Å². The Morgan fingerprint density at radius 1 is 1.06 bits per heavy atom. The molecule has 0 saturated carbocycles. The Morgan fingerprint density at radius 3 is 2.19 bits per heavy atom. The van der Waals surface area contributed by atoms with Crippen LogP contribution in [0.4, 0.5) is 0 Å². The Morgan fingerprint density at radius 2 is 1.62 bits per heavy atom. The van der Waals surface area contributed by atoms with E-state index in [9.17, 15) is 14.4 Å². The first kappa shape index (κ1) is 10.4. The highest BCUT2D eigenvalue weighted by atomic mass is 16.2. The molecule has 1 heterocycles. The van der Waals surface area contributed by atoms with E-state index in [0.29, 0.717) is 5.56 Å². The molecule has 1 aliphatic heterocycles. The molecule has 0 radical (unpaired) electrons. The van der Waals surface area contributed by atoms with Crippen LogP contribution in [0.2, 0.25) is 0 Å². The summed E-state index contributed by atoms with van der Waals surface area (Å²) in [5.74, 6) is -1.19. The van der Waals surface area contributed by atoms with Gasteiger partial charge in [0.2, 0.25) is 11.8 Å². The summed E-state index contributed by atoms with van der Waals surface area (Å²) >= 11 is 0. The van der Waals surface area contributed by atoms with E-state index in [4.69, 9.17) is 0 Å². The summed E-state index contributed by atoms with van der Waals surface area (Å²) in [7, 11) is 0. The summed E-state index contributed by atoms with van der Waals surface area (Å²) in [6, 6.07) is 8.43. The molecule has 82 valence electrons. The van der Waals surface area contributed by atoms with Crippen LogP contribution >= 0.6 is 0 Å². The van der Waals surface area contributed by atoms with Crippen molar-refractivity contribution < 1.29 is 14.4 Å². The number of hydrogen-bond donors (Lipinski definition) is 1. The molecule has 5 nitrogen and oxygen atoms in total. The lowest BCUT2D eigenvalue weighted by molar-refractivity contribution is -0.141. The third kappa shape index (κ3) is 1.93. The minimum Gasteiger partial charge on any atom is -0.273 e. The van der Waals surface area contributed by atoms with Gasteiger partial charge in [-0.25, -0.2) is 0 Å². The van der Waals surface area contributed by atoms with Crippen LogP contribution in [0, 0.1) is 0 Å². The number of nitrogens with one attached hydrogen (secondary N) is 1. The van der Waals surface area contributed by atoms with Crippen molar-refractivity contribution in [2.24, 2.45) is 0 Å². The van der Waals surface area contributed by atoms with Gasteiger partial charge in [-0.3, -0.25) is 19.8 Å². The first-order valence-corrected chi connectivity index (χ1v) is 4.90. The van der Waals surface area contributed by atoms with Crippen molar-refractivity contribution in [1.29, 1.82) is 0 Å². The summed E-state index contributed by atoms with van der Waals surface area (Å²) in [6.07, 6.45) is 0.321. The van der Waals surface area contributed by atoms with Crippen LogP contribution in [0.15, 0.2) is 30.3 Å². The smallest absolute Gasteiger partial charge is 0.270 e. The van der Waals surface area contributed by atoms with Gasteiger partial charge >= 0.3 is 0 Å². The van der Waals surface area contributed by atoms with Crippen molar-refractivity contribution in [3.8, 4) is 0 Å². The van der Waals surface area contributed by atoms with Crippen molar-refractivity contribution in [2.45, 2.75) is 12.8 Å². The fourth-order valence-corrected chi connectivity index (χ4v) is 1.46. The maximum Gasteiger partial charge on any atom is 0.270 e. The number of rotatable bonds is 2. The molecule has 0 aromatic heterocycles. The summed E-state index contributed by atoms with van der Waals surface area (Å²) in [6.45, 7) is 0. The van der Waals surface area contributed by atoms with Crippen LogP contribution in [0.5, 0.6) is 0 Å². The Kier molecular flexibility index (Phi) is 2.68. The molecular formula is C11H10N2O3. The van der Waals surface area contributed by atoms with E-state index in [0.717, 1.165) is 5.01 Å². The molecule has 1 saturated heterocycles. The van der Waals surface area contributed by atoms with Gasteiger partial charge in [0, 0.05) is 18.4 Å². The number of carbonyl (C=O) groups excluding carboxylic acids is 3. The second kappa shape index (κ2) is 4.14. The van der Waals surface area contributed by atoms with Gasteiger partial charge in [0.25, 0.3) is 5.91 Å². The van der Waals surface area contributed by atoms with Gasteiger partial charge in [-0.1, -0.05) is 18.2 Å². The van der Waals surface area contributed by atoms with Crippen LogP contribution in [0.25, 0.3) is 0 Å². The lowest BCUT2D eigenvalue weighted by Crippen LogP contribution is -2.45. The maximum absolute atomic E-state index is 11.6. The maximum atomic E-state index is 11.6. The molecule has 1 aromatic rings. The third-order valence-corrected chi connectivity index (χ3v) is 2.30. The van der Waals surface area contributed by atoms with Crippen molar-refractivity contribution in [3.63, 3.8) is 0 Å². The minimum absolute atomic E-state index is 0.161. The molecule has 0 atom stereocenters. The Hall–Kier alpha value is -2.17. The number of amides is 3. The topological polar surface area (TPSA) is 66.5 Å². The SMILES string of the molecule is O=C(NN1C(=O)CCC1=O)c1ccccc1. The van der Waals surface area contributed by atoms with E-state index in [1.807, 2.05) is 0 Å². The number of benzene rings is 1. The largest absolute Gasteiger partial charge is 0.273 e. The van der Waals surface area contributed by atoms with Crippen molar-refractivity contribution in [2.75, 3.05) is 0 Å². The highest BCUT2D eigenvalue weighted by Gasteiger charge is 2.30. The fourth-order valence-electron chi connectivity index (χ4n) is 1.46. The molecule has 0 bridgehead atoms. The average molecular weight is 218 g/mol. The first-order valence-electron chi connectivity index (χ1n) is 4.90. The molecule has 0 unspecified atom stereocenters. The van der Waals surface area contributed by atoms with Crippen molar-refractivity contribution >= 4 is 17.7 Å². The van der Waals surface area contributed by atoms with Gasteiger partial charge in [0.1, 0.15) is 0 Å². The molecular weight excluding hydrogens is 208 g/mol. The molecule has 0 aliphatic carbocycles. The van der Waals surface area contributed by atoms with E-state index in [-0.39, 0.29) is 24.7 Å². The van der Waals surface area contributed by atoms with Gasteiger partial charge in [-0.05, 0) is 12.1 Å². The molecule has 1 fully saturated rings. The zero-order chi connectivity index (χ0) is 11.5. The second-order valence-electron chi connectivity index (χ2n) is 3.43. The van der Waals surface area contributed by atoms with Crippen LogP contribution in [-0.4, -0.2) is 22.7 Å². The van der Waals surface area contributed by atoms with Crippen LogP contribution in [-0.2, 0) is 9.59 Å². The van der Waals surface area contributed by atoms with Crippen molar-refractivity contribution in [3.05, 3.63) is 35.9 Å². The molecule has 1 aromatic carbocycles. The van der Waals surface area contributed by atoms with Crippen molar-refractivity contribution in [1.82, 2.24) is 10.4 Å². The van der Waals surface area contributed by atoms with E-state index in [2.05, 4.69) is 5.43 Å². The fraction of sp³-hybridized carbons (Fsp3) is 0.182. The predicted molar refractivity (Wildman–Crippen MR) is 55.0 cm³/mol. The summed E-state index contributed by atoms with van der Waals surface area (Å²) in [5.41, 5.74) is 2.70. The molecule has 1 N–H and O–H groups in total. The van der Waals surface area contributed by atoms with Crippen LogP contribution in [0.1, 0.15) is 23.2 Å². The lowest BCUT2D eigenvalue weighted by Gasteiger charge is -2.14. The third-order valence-electron chi connectivity index (χ3n) is 2.30. The number of imide groups is 1. The predicted octanol–water partition coefficient (Wildman–Crippen LogP) is 0.480. The summed E-state index contributed by atoms with van der Waals surface area (Å²) < 4.78 is 0. The molecule has 2 rings (SSSR count). The van der Waals surface area contributed by atoms with Gasteiger partial charge < -0.3 is 0 Å². The Labute approximate surface area is 92.0 Å². The number of nitrogens with zero attached hydrogens (tertiary/aromatic N) is 1. The first-order chi connectivity index (χ1) is 7.68. The molecule has 1 aliphatic rings. The number of hydrogen-bond acceptors (Lipinski definition) is 3. The summed E-state index contributed by atoms with van der Waals surface area (Å²) in [5, 5.41) is 0.787. The van der Waals surface area contributed by atoms with E-state index in [1.165, 1.54) is 0 Å². The minimum atomic E-state index is -0.454. The van der Waals surface area contributed by atoms with Gasteiger partial charge in [-0.15, -0.1) is 0 Å². The van der Waals surface area contributed by atoms with Gasteiger partial charge in [-0.2, -0.15) is 5.01 Å². The van der Waals surface area contributed by atoms with Crippen LogP contribution in [0.3, 0.4) is 0 Å². The highest BCUT2D eigenvalue weighted by molar-refractivity contribution is 6.05. The summed E-state index contributed by atoms with van der Waals surface area (Å²) in [4.78, 5) is 34.1. The zero-order valence-electron chi connectivity index (χ0n) is 8.47. The van der Waals surface area contributed by atoms with Crippen LogP contribution < -0.4 is 5.43 Å². The van der Waals surface area contributed by atoms with Gasteiger partial charge in [0.05, 0.1) is 0 Å². The molecule has 16 heavy (non-hydrogen) atoms. The highest BCUT2D eigenvalue weighted by Crippen LogP contribution is 2.09. The molecule has 0 spiro atoms. The molecule has 5 heteroatoms. The quantitative estimate of drug-likeness (QED) is 0.734. The Balaban J connectivity index is 2.08. The molecule has 3 amide bonds. The van der Waals surface area contributed by atoms with E-state index in [1.54, 1.807) is 30.3 Å². The zero-order valence-corrected chi connectivity index (χ0v) is 8.47. The Bertz CT molecular complexity index is 426. The monoisotopic (exact) mass is 218 g/mol.